The lowest BCUT2D eigenvalue weighted by atomic mass is 9.92. The van der Waals surface area contributed by atoms with Crippen LogP contribution in [0.1, 0.15) is 28.4 Å². The van der Waals surface area contributed by atoms with Crippen LogP contribution in [0, 0.1) is 6.92 Å². The molecule has 2 heterocycles. The molecule has 0 aliphatic carbocycles. The van der Waals surface area contributed by atoms with Gasteiger partial charge in [-0.15, -0.1) is 0 Å². The molecule has 0 amide bonds. The summed E-state index contributed by atoms with van der Waals surface area (Å²) < 4.78 is 46.3. The average molecular weight is 410 g/mol. The molecule has 0 radical (unpaired) electrons. The largest absolute Gasteiger partial charge is 0.417 e. The summed E-state index contributed by atoms with van der Waals surface area (Å²) in [6, 6.07) is 15.7. The molecule has 0 aliphatic heterocycles. The molecule has 2 aromatic carbocycles. The Hall–Kier alpha value is -3.45. The quantitative estimate of drug-likeness (QED) is 0.461. The Balaban J connectivity index is 1.98. The van der Waals surface area contributed by atoms with E-state index in [1.54, 1.807) is 24.4 Å². The lowest BCUT2D eigenvalue weighted by Gasteiger charge is -2.15. The first-order chi connectivity index (χ1) is 14.4. The second-order valence-electron chi connectivity index (χ2n) is 6.88. The molecule has 0 saturated heterocycles. The number of pyridine rings is 1. The Morgan fingerprint density at radius 3 is 2.50 bits per heavy atom. The third-order valence-corrected chi connectivity index (χ3v) is 4.77. The molecule has 1 atom stereocenters. The van der Waals surface area contributed by atoms with Crippen molar-refractivity contribution in [2.75, 3.05) is 0 Å². The standard InChI is InChI=1S/C23H17F3N2O2/c1-14-6-4-7-15(12-14)20-19(21(29)16-8-5-11-27-13-16)22(30-28-20)17-9-2-3-10-18(17)23(24,25)26/h2-13,21,29H,1H3. The molecule has 1 unspecified atom stereocenters. The maximum atomic E-state index is 13.6. The number of rotatable bonds is 4. The summed E-state index contributed by atoms with van der Waals surface area (Å²) in [6.45, 7) is 1.89. The van der Waals surface area contributed by atoms with Crippen LogP contribution in [0.4, 0.5) is 13.2 Å². The molecule has 0 spiro atoms. The topological polar surface area (TPSA) is 59.2 Å². The van der Waals surface area contributed by atoms with Crippen LogP contribution in [0.5, 0.6) is 0 Å². The van der Waals surface area contributed by atoms with Crippen molar-refractivity contribution in [2.24, 2.45) is 0 Å². The summed E-state index contributed by atoms with van der Waals surface area (Å²) in [5.74, 6) is -0.129. The molecular weight excluding hydrogens is 393 g/mol. The van der Waals surface area contributed by atoms with Gasteiger partial charge in [0.1, 0.15) is 11.8 Å². The van der Waals surface area contributed by atoms with Gasteiger partial charge in [0.15, 0.2) is 5.76 Å². The molecule has 4 aromatic rings. The van der Waals surface area contributed by atoms with Crippen LogP contribution in [0.3, 0.4) is 0 Å². The summed E-state index contributed by atoms with van der Waals surface area (Å²) >= 11 is 0. The van der Waals surface area contributed by atoms with Gasteiger partial charge in [-0.1, -0.05) is 53.2 Å². The van der Waals surface area contributed by atoms with Gasteiger partial charge in [0.2, 0.25) is 0 Å². The highest BCUT2D eigenvalue weighted by atomic mass is 19.4. The molecule has 7 heteroatoms. The van der Waals surface area contributed by atoms with E-state index < -0.39 is 17.8 Å². The lowest BCUT2D eigenvalue weighted by Crippen LogP contribution is -2.08. The van der Waals surface area contributed by atoms with Crippen molar-refractivity contribution >= 4 is 0 Å². The summed E-state index contributed by atoms with van der Waals surface area (Å²) in [4.78, 5) is 4.00. The van der Waals surface area contributed by atoms with Gasteiger partial charge < -0.3 is 9.63 Å². The van der Waals surface area contributed by atoms with Gasteiger partial charge in [0.05, 0.1) is 11.1 Å². The van der Waals surface area contributed by atoms with Gasteiger partial charge in [-0.3, -0.25) is 4.98 Å². The molecule has 30 heavy (non-hydrogen) atoms. The third kappa shape index (κ3) is 3.71. The van der Waals surface area contributed by atoms with E-state index in [1.165, 1.54) is 24.4 Å². The normalized spacial score (nSPS) is 12.7. The smallest absolute Gasteiger partial charge is 0.383 e. The summed E-state index contributed by atoms with van der Waals surface area (Å²) in [5, 5.41) is 15.2. The zero-order chi connectivity index (χ0) is 21.3. The van der Waals surface area contributed by atoms with E-state index in [0.29, 0.717) is 11.1 Å². The van der Waals surface area contributed by atoms with Gasteiger partial charge in [0.25, 0.3) is 0 Å². The van der Waals surface area contributed by atoms with Gasteiger partial charge >= 0.3 is 6.18 Å². The molecule has 0 aliphatic rings. The first kappa shape index (κ1) is 19.8. The second-order valence-corrected chi connectivity index (χ2v) is 6.88. The van der Waals surface area contributed by atoms with Crippen molar-refractivity contribution in [3.05, 3.63) is 95.3 Å². The molecular formula is C23H17F3N2O2. The monoisotopic (exact) mass is 410 g/mol. The number of hydrogen-bond donors (Lipinski definition) is 1. The number of aryl methyl sites for hydroxylation is 1. The Kier molecular flexibility index (Phi) is 5.13. The van der Waals surface area contributed by atoms with Crippen molar-refractivity contribution < 1.29 is 22.8 Å². The van der Waals surface area contributed by atoms with Crippen LogP contribution >= 0.6 is 0 Å². The van der Waals surface area contributed by atoms with Gasteiger partial charge in [-0.05, 0) is 25.1 Å². The van der Waals surface area contributed by atoms with E-state index in [0.717, 1.165) is 11.6 Å². The molecule has 152 valence electrons. The fourth-order valence-electron chi connectivity index (χ4n) is 3.38. The van der Waals surface area contributed by atoms with E-state index in [9.17, 15) is 18.3 Å². The molecule has 4 rings (SSSR count). The number of hydrogen-bond acceptors (Lipinski definition) is 4. The van der Waals surface area contributed by atoms with Crippen LogP contribution in [-0.4, -0.2) is 15.2 Å². The first-order valence-electron chi connectivity index (χ1n) is 9.17. The fraction of sp³-hybridized carbons (Fsp3) is 0.130. The Morgan fingerprint density at radius 1 is 1.00 bits per heavy atom. The van der Waals surface area contributed by atoms with Crippen molar-refractivity contribution in [1.82, 2.24) is 10.1 Å². The van der Waals surface area contributed by atoms with Gasteiger partial charge in [0, 0.05) is 29.1 Å². The van der Waals surface area contributed by atoms with Crippen LogP contribution < -0.4 is 0 Å². The average Bonchev–Trinajstić information content (AvgIpc) is 3.18. The minimum Gasteiger partial charge on any atom is -0.383 e. The van der Waals surface area contributed by atoms with E-state index >= 15 is 0 Å². The van der Waals surface area contributed by atoms with Crippen molar-refractivity contribution in [1.29, 1.82) is 0 Å². The summed E-state index contributed by atoms with van der Waals surface area (Å²) in [7, 11) is 0. The van der Waals surface area contributed by atoms with Crippen molar-refractivity contribution in [2.45, 2.75) is 19.2 Å². The van der Waals surface area contributed by atoms with Crippen LogP contribution in [-0.2, 0) is 6.18 Å². The highest BCUT2D eigenvalue weighted by Crippen LogP contribution is 2.43. The summed E-state index contributed by atoms with van der Waals surface area (Å²) in [6.07, 6.45) is -2.87. The Morgan fingerprint density at radius 2 is 1.80 bits per heavy atom. The molecule has 0 saturated carbocycles. The van der Waals surface area contributed by atoms with E-state index in [2.05, 4.69) is 10.1 Å². The van der Waals surface area contributed by atoms with Gasteiger partial charge in [-0.2, -0.15) is 13.2 Å². The second kappa shape index (κ2) is 7.76. The van der Waals surface area contributed by atoms with Crippen LogP contribution in [0.15, 0.2) is 77.6 Å². The number of aliphatic hydroxyl groups excluding tert-OH is 1. The fourth-order valence-corrected chi connectivity index (χ4v) is 3.38. The number of aliphatic hydroxyl groups is 1. The molecule has 1 N–H and O–H groups in total. The Bertz CT molecular complexity index is 1170. The SMILES string of the molecule is Cc1cccc(-c2noc(-c3ccccc3C(F)(F)F)c2C(O)c2cccnc2)c1. The minimum absolute atomic E-state index is 0.129. The highest BCUT2D eigenvalue weighted by molar-refractivity contribution is 5.76. The highest BCUT2D eigenvalue weighted by Gasteiger charge is 2.36. The molecule has 2 aromatic heterocycles. The van der Waals surface area contributed by atoms with Crippen LogP contribution in [0.25, 0.3) is 22.6 Å². The van der Waals surface area contributed by atoms with Crippen molar-refractivity contribution in [3.63, 3.8) is 0 Å². The number of alkyl halides is 3. The number of benzene rings is 2. The van der Waals surface area contributed by atoms with E-state index in [1.807, 2.05) is 25.1 Å². The zero-order valence-corrected chi connectivity index (χ0v) is 15.9. The van der Waals surface area contributed by atoms with Crippen molar-refractivity contribution in [3.8, 4) is 22.6 Å². The minimum atomic E-state index is -4.59. The Labute approximate surface area is 170 Å². The predicted octanol–water partition coefficient (Wildman–Crippen LogP) is 5.81. The van der Waals surface area contributed by atoms with E-state index in [-0.39, 0.29) is 22.6 Å². The van der Waals surface area contributed by atoms with Crippen LogP contribution in [0.2, 0.25) is 0 Å². The third-order valence-electron chi connectivity index (χ3n) is 4.77. The maximum absolute atomic E-state index is 13.6. The maximum Gasteiger partial charge on any atom is 0.417 e. The predicted molar refractivity (Wildman–Crippen MR) is 105 cm³/mol. The summed E-state index contributed by atoms with van der Waals surface area (Å²) in [5.41, 5.74) is 1.38. The number of halogens is 3. The first-order valence-corrected chi connectivity index (χ1v) is 9.17. The molecule has 4 nitrogen and oxygen atoms in total. The molecule has 0 bridgehead atoms. The lowest BCUT2D eigenvalue weighted by molar-refractivity contribution is -0.137. The van der Waals surface area contributed by atoms with E-state index in [4.69, 9.17) is 4.52 Å². The van der Waals surface area contributed by atoms with Gasteiger partial charge in [-0.25, -0.2) is 0 Å². The zero-order valence-electron chi connectivity index (χ0n) is 15.9. The number of aromatic nitrogens is 2. The molecule has 0 fully saturated rings. The number of nitrogens with zero attached hydrogens (tertiary/aromatic N) is 2.